The number of carbonyl (C=O) groups excluding carboxylic acids is 2. The molecule has 1 aliphatic rings. The van der Waals surface area contributed by atoms with Crippen molar-refractivity contribution in [3.8, 4) is 0 Å². The highest BCUT2D eigenvalue weighted by molar-refractivity contribution is 5.85. The molecule has 0 spiro atoms. The van der Waals surface area contributed by atoms with Crippen LogP contribution in [-0.2, 0) is 9.53 Å². The van der Waals surface area contributed by atoms with Crippen LogP contribution in [0.25, 0.3) is 0 Å². The van der Waals surface area contributed by atoms with E-state index in [1.54, 1.807) is 14.1 Å². The molecule has 0 saturated carbocycles. The summed E-state index contributed by atoms with van der Waals surface area (Å²) in [5.74, 6) is 0.582. The number of nitrogens with zero attached hydrogens (tertiary/aromatic N) is 3. The maximum Gasteiger partial charge on any atom is 0.407 e. The van der Waals surface area contributed by atoms with E-state index in [-0.39, 0.29) is 18.5 Å². The fourth-order valence-electron chi connectivity index (χ4n) is 2.33. The Morgan fingerprint density at radius 2 is 2.00 bits per heavy atom. The molecule has 2 N–H and O–H groups in total. The number of ether oxygens (including phenoxy) is 1. The van der Waals surface area contributed by atoms with Crippen LogP contribution in [0.2, 0.25) is 0 Å². The molecule has 1 atom stereocenters. The molecule has 1 saturated heterocycles. The molecule has 0 aromatic carbocycles. The topological polar surface area (TPSA) is 86.3 Å². The predicted octanol–water partition coefficient (Wildman–Crippen LogP) is 1.20. The summed E-state index contributed by atoms with van der Waals surface area (Å²) in [6.07, 6.45) is 0.370. The molecule has 0 aliphatic carbocycles. The first-order valence-electron chi connectivity index (χ1n) is 8.85. The van der Waals surface area contributed by atoms with Gasteiger partial charge in [-0.15, -0.1) is 0 Å². The van der Waals surface area contributed by atoms with Gasteiger partial charge in [-0.2, -0.15) is 0 Å². The van der Waals surface area contributed by atoms with Gasteiger partial charge in [-0.3, -0.25) is 4.79 Å². The minimum Gasteiger partial charge on any atom is -0.444 e. The smallest absolute Gasteiger partial charge is 0.407 e. The summed E-state index contributed by atoms with van der Waals surface area (Å²) >= 11 is 0. The number of hydrogen-bond acceptors (Lipinski definition) is 4. The molecular formula is C18H33N5O3. The maximum atomic E-state index is 11.9. The number of guanidine groups is 1. The number of alkyl carbamates (subject to hydrolysis) is 1. The maximum absolute atomic E-state index is 11.9. The van der Waals surface area contributed by atoms with Crippen LogP contribution in [0.5, 0.6) is 0 Å². The molecule has 0 radical (unpaired) electrons. The molecule has 0 aromatic rings. The van der Waals surface area contributed by atoms with Crippen LogP contribution in [0.1, 0.15) is 34.1 Å². The van der Waals surface area contributed by atoms with E-state index in [0.717, 1.165) is 18.5 Å². The van der Waals surface area contributed by atoms with Gasteiger partial charge in [0.1, 0.15) is 12.1 Å². The van der Waals surface area contributed by atoms with Gasteiger partial charge >= 0.3 is 6.09 Å². The average molecular weight is 367 g/mol. The van der Waals surface area contributed by atoms with Crippen molar-refractivity contribution in [3.63, 3.8) is 0 Å². The molecule has 8 heteroatoms. The second-order valence-electron chi connectivity index (χ2n) is 7.82. The average Bonchev–Trinajstić information content (AvgIpc) is 2.92. The molecule has 0 aromatic heterocycles. The predicted molar refractivity (Wildman–Crippen MR) is 103 cm³/mol. The Kier molecular flexibility index (Phi) is 7.92. The monoisotopic (exact) mass is 367 g/mol. The van der Waals surface area contributed by atoms with Crippen LogP contribution in [0.4, 0.5) is 4.79 Å². The molecule has 8 nitrogen and oxygen atoms in total. The van der Waals surface area contributed by atoms with Crippen LogP contribution >= 0.6 is 0 Å². The molecule has 1 rings (SSSR count). The van der Waals surface area contributed by atoms with Gasteiger partial charge in [0.25, 0.3) is 0 Å². The molecule has 2 amide bonds. The Labute approximate surface area is 156 Å². The van der Waals surface area contributed by atoms with Gasteiger partial charge in [0.2, 0.25) is 5.91 Å². The largest absolute Gasteiger partial charge is 0.444 e. The van der Waals surface area contributed by atoms with E-state index in [0.29, 0.717) is 19.0 Å². The minimum absolute atomic E-state index is 0.0220. The zero-order chi connectivity index (χ0) is 19.9. The zero-order valence-corrected chi connectivity index (χ0v) is 16.9. The zero-order valence-electron chi connectivity index (χ0n) is 16.9. The fraction of sp³-hybridized carbons (Fsp3) is 0.722. The number of rotatable bonds is 5. The molecular weight excluding hydrogens is 334 g/mol. The highest BCUT2D eigenvalue weighted by Crippen LogP contribution is 2.12. The lowest BCUT2D eigenvalue weighted by molar-refractivity contribution is -0.127. The summed E-state index contributed by atoms with van der Waals surface area (Å²) in [5.41, 5.74) is 0.448. The second-order valence-corrected chi connectivity index (χ2v) is 7.82. The van der Waals surface area contributed by atoms with Crippen LogP contribution in [0, 0.1) is 0 Å². The lowest BCUT2D eigenvalue weighted by atomic mass is 10.2. The van der Waals surface area contributed by atoms with Crippen molar-refractivity contribution in [2.45, 2.75) is 45.8 Å². The summed E-state index contributed by atoms with van der Waals surface area (Å²) in [6.45, 7) is 13.3. The lowest BCUT2D eigenvalue weighted by Crippen LogP contribution is -2.45. The van der Waals surface area contributed by atoms with E-state index >= 15 is 0 Å². The van der Waals surface area contributed by atoms with E-state index in [1.807, 2.05) is 32.6 Å². The number of likely N-dealkylation sites (tertiary alicyclic amines) is 1. The quantitative estimate of drug-likeness (QED) is 0.433. The minimum atomic E-state index is -0.523. The molecule has 148 valence electrons. The van der Waals surface area contributed by atoms with E-state index in [1.165, 1.54) is 4.90 Å². The van der Waals surface area contributed by atoms with Crippen LogP contribution in [0.15, 0.2) is 17.1 Å². The highest BCUT2D eigenvalue weighted by Gasteiger charge is 2.28. The van der Waals surface area contributed by atoms with Crippen LogP contribution < -0.4 is 10.6 Å². The molecule has 1 fully saturated rings. The normalized spacial score (nSPS) is 17.7. The Hall–Kier alpha value is -2.25. The van der Waals surface area contributed by atoms with Crippen molar-refractivity contribution >= 4 is 18.0 Å². The SMILES string of the molecule is C=C(C)CNC(=NCC(=O)N(C)C)N1CCC(NC(=O)OC(C)(C)C)C1. The van der Waals surface area contributed by atoms with Crippen molar-refractivity contribution in [2.24, 2.45) is 4.99 Å². The van der Waals surface area contributed by atoms with Crippen LogP contribution in [0.3, 0.4) is 0 Å². The van der Waals surface area contributed by atoms with Gasteiger partial charge < -0.3 is 25.2 Å². The van der Waals surface area contributed by atoms with Crippen molar-refractivity contribution in [1.29, 1.82) is 0 Å². The number of hydrogen-bond donors (Lipinski definition) is 2. The third kappa shape index (κ3) is 8.22. The van der Waals surface area contributed by atoms with E-state index < -0.39 is 11.7 Å². The van der Waals surface area contributed by atoms with Crippen molar-refractivity contribution < 1.29 is 14.3 Å². The van der Waals surface area contributed by atoms with Gasteiger partial charge in [0.05, 0.1) is 6.04 Å². The van der Waals surface area contributed by atoms with E-state index in [4.69, 9.17) is 4.74 Å². The second kappa shape index (κ2) is 9.45. The van der Waals surface area contributed by atoms with Gasteiger partial charge in [0.15, 0.2) is 5.96 Å². The Morgan fingerprint density at radius 3 is 2.54 bits per heavy atom. The highest BCUT2D eigenvalue weighted by atomic mass is 16.6. The number of carbonyl (C=O) groups is 2. The van der Waals surface area contributed by atoms with Crippen molar-refractivity contribution in [1.82, 2.24) is 20.4 Å². The first-order chi connectivity index (χ1) is 12.0. The first kappa shape index (κ1) is 21.8. The van der Waals surface area contributed by atoms with Gasteiger partial charge in [-0.05, 0) is 34.1 Å². The summed E-state index contributed by atoms with van der Waals surface area (Å²) < 4.78 is 5.30. The fourth-order valence-corrected chi connectivity index (χ4v) is 2.33. The number of nitrogens with one attached hydrogen (secondary N) is 2. The summed E-state index contributed by atoms with van der Waals surface area (Å²) in [5, 5.41) is 6.12. The van der Waals surface area contributed by atoms with E-state index in [9.17, 15) is 9.59 Å². The Morgan fingerprint density at radius 1 is 1.35 bits per heavy atom. The van der Waals surface area contributed by atoms with E-state index in [2.05, 4.69) is 22.2 Å². The molecule has 1 unspecified atom stereocenters. The molecule has 0 bridgehead atoms. The first-order valence-corrected chi connectivity index (χ1v) is 8.85. The summed E-state index contributed by atoms with van der Waals surface area (Å²) in [6, 6.07) is -0.0220. The Bertz CT molecular complexity index is 552. The summed E-state index contributed by atoms with van der Waals surface area (Å²) in [4.78, 5) is 31.7. The Balaban J connectivity index is 2.67. The third-order valence-corrected chi connectivity index (χ3v) is 3.62. The van der Waals surface area contributed by atoms with Gasteiger partial charge in [-0.25, -0.2) is 9.79 Å². The third-order valence-electron chi connectivity index (χ3n) is 3.62. The molecule has 1 aliphatic heterocycles. The standard InChI is InChI=1S/C18H33N5O3/c1-13(2)10-19-16(20-11-15(24)22(6)7)23-9-8-14(12-23)21-17(25)26-18(3,4)5/h14H,1,8-12H2,2-7H3,(H,19,20)(H,21,25). The van der Waals surface area contributed by atoms with Crippen molar-refractivity contribution in [3.05, 3.63) is 12.2 Å². The van der Waals surface area contributed by atoms with Gasteiger partial charge in [0, 0.05) is 33.7 Å². The number of amides is 2. The molecule has 1 heterocycles. The number of aliphatic imine (C=N–C) groups is 1. The molecule has 26 heavy (non-hydrogen) atoms. The lowest BCUT2D eigenvalue weighted by Gasteiger charge is -2.24. The van der Waals surface area contributed by atoms with Crippen LogP contribution in [-0.4, -0.2) is 79.7 Å². The van der Waals surface area contributed by atoms with Gasteiger partial charge in [-0.1, -0.05) is 12.2 Å². The summed E-state index contributed by atoms with van der Waals surface area (Å²) in [7, 11) is 3.41. The number of likely N-dealkylation sites (N-methyl/N-ethyl adjacent to an activating group) is 1. The van der Waals surface area contributed by atoms with Crippen molar-refractivity contribution in [2.75, 3.05) is 40.3 Å².